The summed E-state index contributed by atoms with van der Waals surface area (Å²) in [6.45, 7) is 15.0. The number of rotatable bonds is 4. The van der Waals surface area contributed by atoms with Gasteiger partial charge in [-0.05, 0) is 37.3 Å². The lowest BCUT2D eigenvalue weighted by Crippen LogP contribution is -2.45. The van der Waals surface area contributed by atoms with Crippen LogP contribution >= 0.6 is 0 Å². The van der Waals surface area contributed by atoms with Crippen molar-refractivity contribution in [1.82, 2.24) is 4.90 Å². The second kappa shape index (κ2) is 10.8. The zero-order valence-corrected chi connectivity index (χ0v) is 18.5. The number of carbonyl (C=O) groups excluding carboxylic acids is 1. The third-order valence-electron chi connectivity index (χ3n) is 5.91. The topological polar surface area (TPSA) is 59.8 Å². The average molecular weight is 437 g/mol. The summed E-state index contributed by atoms with van der Waals surface area (Å²) in [7, 11) is 0. The molecule has 0 saturated carbocycles. The van der Waals surface area contributed by atoms with Crippen LogP contribution in [-0.2, 0) is 9.53 Å². The summed E-state index contributed by atoms with van der Waals surface area (Å²) in [5.41, 5.74) is 5.54. The number of carbonyl (C=O) groups is 1. The summed E-state index contributed by atoms with van der Waals surface area (Å²) in [6, 6.07) is 13.3. The van der Waals surface area contributed by atoms with Crippen molar-refractivity contribution >= 4 is 23.9 Å². The minimum absolute atomic E-state index is 0.0841. The molecule has 2 aliphatic rings. The highest BCUT2D eigenvalue weighted by molar-refractivity contribution is 5.76. The third kappa shape index (κ3) is 5.09. The summed E-state index contributed by atoms with van der Waals surface area (Å²) in [6.07, 6.45) is 0. The Balaban J connectivity index is 0.00000141. The highest BCUT2D eigenvalue weighted by atomic mass is 19.1. The van der Waals surface area contributed by atoms with E-state index >= 15 is 0 Å². The predicted octanol–water partition coefficient (Wildman–Crippen LogP) is 3.45. The van der Waals surface area contributed by atoms with Crippen LogP contribution in [0.5, 0.6) is 0 Å². The summed E-state index contributed by atoms with van der Waals surface area (Å²) >= 11 is 0. The van der Waals surface area contributed by atoms with E-state index in [-0.39, 0.29) is 5.56 Å². The highest BCUT2D eigenvalue weighted by Crippen LogP contribution is 2.31. The number of anilines is 2. The van der Waals surface area contributed by atoms with Crippen molar-refractivity contribution < 1.29 is 13.9 Å². The molecule has 2 saturated heterocycles. The minimum atomic E-state index is -0.461. The summed E-state index contributed by atoms with van der Waals surface area (Å²) in [5, 5.41) is 8.93. The number of morpholine rings is 1. The number of benzene rings is 2. The van der Waals surface area contributed by atoms with Crippen LogP contribution in [0.1, 0.15) is 16.7 Å². The Morgan fingerprint density at radius 1 is 1.00 bits per heavy atom. The molecule has 7 heteroatoms. The Morgan fingerprint density at radius 3 is 2.31 bits per heavy atom. The summed E-state index contributed by atoms with van der Waals surface area (Å²) < 4.78 is 19.5. The maximum absolute atomic E-state index is 14.0. The van der Waals surface area contributed by atoms with E-state index in [0.29, 0.717) is 0 Å². The Bertz CT molecular complexity index is 990. The van der Waals surface area contributed by atoms with Gasteiger partial charge in [-0.3, -0.25) is 0 Å². The molecule has 2 aromatic carbocycles. The molecule has 0 aliphatic carbocycles. The van der Waals surface area contributed by atoms with Crippen LogP contribution in [0.25, 0.3) is 5.70 Å². The van der Waals surface area contributed by atoms with Crippen molar-refractivity contribution in [2.75, 3.05) is 62.3 Å². The summed E-state index contributed by atoms with van der Waals surface area (Å²) in [5.74, 6) is -0.461. The van der Waals surface area contributed by atoms with Crippen LogP contribution in [0.3, 0.4) is 0 Å². The molecule has 0 spiro atoms. The van der Waals surface area contributed by atoms with Crippen LogP contribution in [0, 0.1) is 24.1 Å². The van der Waals surface area contributed by atoms with Gasteiger partial charge in [0, 0.05) is 61.9 Å². The molecule has 0 aromatic heterocycles. The third-order valence-corrected chi connectivity index (χ3v) is 5.91. The van der Waals surface area contributed by atoms with Gasteiger partial charge in [0.05, 0.1) is 18.8 Å². The molecule has 168 valence electrons. The smallest absolute Gasteiger partial charge is 0.143 e. The zero-order valence-electron chi connectivity index (χ0n) is 18.5. The molecule has 6 nitrogen and oxygen atoms in total. The van der Waals surface area contributed by atoms with Gasteiger partial charge in [0.15, 0.2) is 0 Å². The van der Waals surface area contributed by atoms with E-state index in [4.69, 9.17) is 14.8 Å². The molecule has 0 radical (unpaired) electrons. The molecule has 0 atom stereocenters. The Morgan fingerprint density at radius 2 is 1.69 bits per heavy atom. The van der Waals surface area contributed by atoms with Gasteiger partial charge in [-0.25, -0.2) is 4.39 Å². The van der Waals surface area contributed by atoms with E-state index < -0.39 is 5.82 Å². The highest BCUT2D eigenvalue weighted by Gasteiger charge is 2.23. The van der Waals surface area contributed by atoms with E-state index in [0.717, 1.165) is 63.9 Å². The molecule has 32 heavy (non-hydrogen) atoms. The van der Waals surface area contributed by atoms with Gasteiger partial charge in [0.25, 0.3) is 0 Å². The van der Waals surface area contributed by atoms with Crippen molar-refractivity contribution in [1.29, 1.82) is 5.26 Å². The zero-order chi connectivity index (χ0) is 23.1. The number of halogens is 1. The molecular formula is C25H29FN4O2. The maximum atomic E-state index is 14.0. The van der Waals surface area contributed by atoms with E-state index in [1.54, 1.807) is 6.07 Å². The standard InChI is InChI=1S/C24H27FN4O.CH2O/c1-18-3-6-24(29-11-13-30-14-12-29)22(15-18)19(2)27-7-9-28(10-8-27)21-5-4-20(17-26)23(25)16-21;1-2/h3-6,15-16H,2,7-14H2,1H3;1H2. The van der Waals surface area contributed by atoms with E-state index in [1.165, 1.54) is 22.9 Å². The monoisotopic (exact) mass is 436 g/mol. The fourth-order valence-electron chi connectivity index (χ4n) is 4.16. The predicted molar refractivity (Wildman–Crippen MR) is 125 cm³/mol. The van der Waals surface area contributed by atoms with Gasteiger partial charge < -0.3 is 24.2 Å². The lowest BCUT2D eigenvalue weighted by Gasteiger charge is -2.39. The molecular weight excluding hydrogens is 407 g/mol. The number of nitriles is 1. The van der Waals surface area contributed by atoms with Gasteiger partial charge >= 0.3 is 0 Å². The minimum Gasteiger partial charge on any atom is -0.378 e. The molecule has 2 aliphatic heterocycles. The first kappa shape index (κ1) is 23.3. The quantitative estimate of drug-likeness (QED) is 0.732. The molecule has 0 N–H and O–H groups in total. The van der Waals surface area contributed by atoms with E-state index in [2.05, 4.69) is 46.4 Å². The Hall–Kier alpha value is -3.37. The molecule has 0 unspecified atom stereocenters. The van der Waals surface area contributed by atoms with Crippen molar-refractivity contribution in [2.24, 2.45) is 0 Å². The van der Waals surface area contributed by atoms with E-state index in [1.807, 2.05) is 18.9 Å². The van der Waals surface area contributed by atoms with E-state index in [9.17, 15) is 4.39 Å². The number of nitrogens with zero attached hydrogens (tertiary/aromatic N) is 4. The van der Waals surface area contributed by atoms with Crippen LogP contribution in [0.4, 0.5) is 15.8 Å². The van der Waals surface area contributed by atoms with Crippen LogP contribution in [-0.4, -0.2) is 64.2 Å². The van der Waals surface area contributed by atoms with Gasteiger partial charge in [0.2, 0.25) is 0 Å². The van der Waals surface area contributed by atoms with Gasteiger partial charge in [-0.2, -0.15) is 5.26 Å². The second-order valence-corrected chi connectivity index (χ2v) is 7.82. The SMILES string of the molecule is C=C(c1cc(C)ccc1N1CCOCC1)N1CCN(c2ccc(C#N)c(F)c2)CC1.C=O. The number of hydrogen-bond donors (Lipinski definition) is 0. The first-order chi connectivity index (χ1) is 15.6. The van der Waals surface area contributed by atoms with Crippen molar-refractivity contribution in [3.63, 3.8) is 0 Å². The maximum Gasteiger partial charge on any atom is 0.143 e. The lowest BCUT2D eigenvalue weighted by molar-refractivity contribution is -0.0979. The molecule has 2 fully saturated rings. The van der Waals surface area contributed by atoms with Crippen LogP contribution in [0.15, 0.2) is 43.0 Å². The second-order valence-electron chi connectivity index (χ2n) is 7.82. The molecule has 2 aromatic rings. The molecule has 2 heterocycles. The van der Waals surface area contributed by atoms with Crippen molar-refractivity contribution in [2.45, 2.75) is 6.92 Å². The van der Waals surface area contributed by atoms with Crippen LogP contribution < -0.4 is 9.80 Å². The molecule has 0 amide bonds. The average Bonchev–Trinajstić information content (AvgIpc) is 2.85. The van der Waals surface area contributed by atoms with Gasteiger partial charge in [-0.1, -0.05) is 18.2 Å². The number of hydrogen-bond acceptors (Lipinski definition) is 6. The summed E-state index contributed by atoms with van der Waals surface area (Å²) in [4.78, 5) is 14.8. The largest absolute Gasteiger partial charge is 0.378 e. The normalized spacial score (nSPS) is 16.1. The fraction of sp³-hybridized carbons (Fsp3) is 0.360. The van der Waals surface area contributed by atoms with Crippen molar-refractivity contribution in [3.8, 4) is 6.07 Å². The Kier molecular flexibility index (Phi) is 7.85. The number of piperazine rings is 1. The number of ether oxygens (including phenoxy) is 1. The van der Waals surface area contributed by atoms with Crippen molar-refractivity contribution in [3.05, 3.63) is 65.5 Å². The first-order valence-corrected chi connectivity index (χ1v) is 10.7. The van der Waals surface area contributed by atoms with Gasteiger partial charge in [0.1, 0.15) is 18.7 Å². The number of aryl methyl sites for hydroxylation is 1. The fourth-order valence-corrected chi connectivity index (χ4v) is 4.16. The van der Waals surface area contributed by atoms with Crippen LogP contribution in [0.2, 0.25) is 0 Å². The molecule has 0 bridgehead atoms. The molecule has 4 rings (SSSR count). The Labute approximate surface area is 189 Å². The van der Waals surface area contributed by atoms with Gasteiger partial charge in [-0.15, -0.1) is 0 Å². The lowest BCUT2D eigenvalue weighted by atomic mass is 10.0. The first-order valence-electron chi connectivity index (χ1n) is 10.7.